The van der Waals surface area contributed by atoms with Gasteiger partial charge in [-0.25, -0.2) is 5.43 Å². The predicted molar refractivity (Wildman–Crippen MR) is 133 cm³/mol. The van der Waals surface area contributed by atoms with E-state index < -0.39 is 5.91 Å². The van der Waals surface area contributed by atoms with E-state index >= 15 is 0 Å². The number of nitrogens with one attached hydrogen (secondary N) is 2. The molecule has 0 atom stereocenters. The fourth-order valence-corrected chi connectivity index (χ4v) is 4.37. The van der Waals surface area contributed by atoms with Gasteiger partial charge < -0.3 is 14.8 Å². The third kappa shape index (κ3) is 6.32. The van der Waals surface area contributed by atoms with Gasteiger partial charge in [0.1, 0.15) is 0 Å². The Kier molecular flexibility index (Phi) is 8.83. The minimum atomic E-state index is -0.392. The lowest BCUT2D eigenvalue weighted by Gasteiger charge is -2.10. The molecule has 0 saturated heterocycles. The van der Waals surface area contributed by atoms with Crippen LogP contribution in [0.15, 0.2) is 52.9 Å². The molecule has 3 aromatic rings. The number of ether oxygens (including phenoxy) is 2. The van der Waals surface area contributed by atoms with Crippen LogP contribution < -0.4 is 20.2 Å². The van der Waals surface area contributed by atoms with E-state index in [1.54, 1.807) is 29.5 Å². The van der Waals surface area contributed by atoms with E-state index in [9.17, 15) is 9.59 Å². The average molecular weight is 468 g/mol. The van der Waals surface area contributed by atoms with Gasteiger partial charge in [-0.3, -0.25) is 9.59 Å². The van der Waals surface area contributed by atoms with Crippen LogP contribution in [0.3, 0.4) is 0 Å². The Morgan fingerprint density at radius 1 is 1.03 bits per heavy atom. The van der Waals surface area contributed by atoms with Crippen molar-refractivity contribution in [1.82, 2.24) is 10.7 Å². The number of carbonyl (C=O) groups is 2. The quantitative estimate of drug-likeness (QED) is 0.242. The predicted octanol–water partition coefficient (Wildman–Crippen LogP) is 4.75. The molecule has 3 rings (SSSR count). The third-order valence-corrected chi connectivity index (χ3v) is 6.14. The van der Waals surface area contributed by atoms with Gasteiger partial charge in [0.2, 0.25) is 0 Å². The van der Waals surface area contributed by atoms with Gasteiger partial charge >= 0.3 is 0 Å². The van der Waals surface area contributed by atoms with Crippen molar-refractivity contribution in [2.75, 3.05) is 20.8 Å². The Morgan fingerprint density at radius 3 is 2.58 bits per heavy atom. The van der Waals surface area contributed by atoms with E-state index in [1.165, 1.54) is 18.9 Å². The number of amides is 2. The maximum Gasteiger partial charge on any atom is 0.259 e. The van der Waals surface area contributed by atoms with Crippen LogP contribution in [0.1, 0.15) is 48.5 Å². The summed E-state index contributed by atoms with van der Waals surface area (Å²) in [5.74, 6) is 0.190. The van der Waals surface area contributed by atoms with Gasteiger partial charge in [0.15, 0.2) is 11.5 Å². The van der Waals surface area contributed by atoms with Crippen molar-refractivity contribution in [3.8, 4) is 11.5 Å². The van der Waals surface area contributed by atoms with Gasteiger partial charge in [0.25, 0.3) is 11.8 Å². The smallest absolute Gasteiger partial charge is 0.259 e. The summed E-state index contributed by atoms with van der Waals surface area (Å²) in [6.07, 6.45) is 3.96. The van der Waals surface area contributed by atoms with Gasteiger partial charge in [0, 0.05) is 26.6 Å². The lowest BCUT2D eigenvalue weighted by molar-refractivity contribution is -0.120. The Bertz CT molecular complexity index is 1140. The number of carbonyl (C=O) groups excluding carboxylic acids is 2. The zero-order valence-electron chi connectivity index (χ0n) is 19.1. The molecule has 0 spiro atoms. The second kappa shape index (κ2) is 12.0. The van der Waals surface area contributed by atoms with Crippen molar-refractivity contribution in [3.63, 3.8) is 0 Å². The Balaban J connectivity index is 1.65. The number of unbranched alkanes of at least 4 members (excludes halogenated alkanes) is 2. The first-order valence-corrected chi connectivity index (χ1v) is 11.8. The fraction of sp³-hybridized carbons (Fsp3) is 0.320. The highest BCUT2D eigenvalue weighted by Gasteiger charge is 2.13. The number of fused-ring (bicyclic) bond motifs is 1. The van der Waals surface area contributed by atoms with Gasteiger partial charge in [-0.05, 0) is 37.1 Å². The van der Waals surface area contributed by atoms with Crippen LogP contribution in [-0.4, -0.2) is 38.3 Å². The lowest BCUT2D eigenvalue weighted by atomic mass is 10.0. The summed E-state index contributed by atoms with van der Waals surface area (Å²) in [7, 11) is 3.03. The second-order valence-corrected chi connectivity index (χ2v) is 8.36. The van der Waals surface area contributed by atoms with Crippen LogP contribution in [-0.2, 0) is 4.79 Å². The highest BCUT2D eigenvalue weighted by atomic mass is 32.1. The molecule has 174 valence electrons. The molecule has 7 nitrogen and oxygen atoms in total. The lowest BCUT2D eigenvalue weighted by Crippen LogP contribution is -2.35. The van der Waals surface area contributed by atoms with Crippen molar-refractivity contribution in [1.29, 1.82) is 0 Å². The Morgan fingerprint density at radius 2 is 1.82 bits per heavy atom. The largest absolute Gasteiger partial charge is 0.493 e. The first kappa shape index (κ1) is 24.3. The molecule has 0 fully saturated rings. The van der Waals surface area contributed by atoms with E-state index in [2.05, 4.69) is 40.3 Å². The van der Waals surface area contributed by atoms with Gasteiger partial charge in [-0.15, -0.1) is 11.3 Å². The molecule has 1 heterocycles. The maximum absolute atomic E-state index is 12.4. The van der Waals surface area contributed by atoms with E-state index in [1.807, 2.05) is 12.1 Å². The van der Waals surface area contributed by atoms with E-state index in [4.69, 9.17) is 9.47 Å². The van der Waals surface area contributed by atoms with Crippen LogP contribution in [0.4, 0.5) is 0 Å². The van der Waals surface area contributed by atoms with Crippen molar-refractivity contribution in [2.45, 2.75) is 32.6 Å². The third-order valence-electron chi connectivity index (χ3n) is 5.18. The Labute approximate surface area is 197 Å². The van der Waals surface area contributed by atoms with Crippen molar-refractivity contribution < 1.29 is 19.1 Å². The van der Waals surface area contributed by atoms with Gasteiger partial charge in [-0.2, -0.15) is 5.10 Å². The highest BCUT2D eigenvalue weighted by molar-refractivity contribution is 7.17. The molecule has 2 N–H and O–H groups in total. The van der Waals surface area contributed by atoms with Crippen molar-refractivity contribution in [3.05, 3.63) is 59.0 Å². The zero-order chi connectivity index (χ0) is 23.6. The zero-order valence-corrected chi connectivity index (χ0v) is 20.0. The first-order valence-electron chi connectivity index (χ1n) is 10.9. The number of benzene rings is 2. The molecule has 8 heteroatoms. The maximum atomic E-state index is 12.4. The minimum absolute atomic E-state index is 0.191. The summed E-state index contributed by atoms with van der Waals surface area (Å²) in [4.78, 5) is 24.8. The standard InChI is InChI=1S/C25H29N3O4S/c1-4-5-6-10-20(19-16-33-23-11-8-7-9-18(19)23)27-28-24(29)15-26-25(30)17-12-13-21(31-2)22(14-17)32-3/h7-9,11-14,16H,4-6,10,15H2,1-3H3,(H,26,30)(H,28,29). The van der Waals surface area contributed by atoms with E-state index in [0.717, 1.165) is 42.3 Å². The number of methoxy groups -OCH3 is 2. The van der Waals surface area contributed by atoms with Crippen LogP contribution in [0.5, 0.6) is 11.5 Å². The van der Waals surface area contributed by atoms with Gasteiger partial charge in [0.05, 0.1) is 26.5 Å². The summed E-state index contributed by atoms with van der Waals surface area (Å²) in [5.41, 5.74) is 4.86. The molecule has 1 aromatic heterocycles. The molecule has 0 radical (unpaired) electrons. The molecular weight excluding hydrogens is 438 g/mol. The highest BCUT2D eigenvalue weighted by Crippen LogP contribution is 2.28. The number of hydrogen-bond donors (Lipinski definition) is 2. The summed E-state index contributed by atoms with van der Waals surface area (Å²) < 4.78 is 11.6. The first-order chi connectivity index (χ1) is 16.1. The Hall–Kier alpha value is -3.39. The van der Waals surface area contributed by atoms with E-state index in [0.29, 0.717) is 17.1 Å². The monoisotopic (exact) mass is 467 g/mol. The number of hydrogen-bond acceptors (Lipinski definition) is 6. The molecule has 2 amide bonds. The minimum Gasteiger partial charge on any atom is -0.493 e. The molecular formula is C25H29N3O4S. The normalized spacial score (nSPS) is 11.3. The average Bonchev–Trinajstić information content (AvgIpc) is 3.28. The van der Waals surface area contributed by atoms with Crippen molar-refractivity contribution in [2.24, 2.45) is 5.10 Å². The molecule has 33 heavy (non-hydrogen) atoms. The van der Waals surface area contributed by atoms with E-state index in [-0.39, 0.29) is 12.5 Å². The van der Waals surface area contributed by atoms with Gasteiger partial charge in [-0.1, -0.05) is 38.0 Å². The molecule has 0 aliphatic heterocycles. The summed E-state index contributed by atoms with van der Waals surface area (Å²) in [6, 6.07) is 13.0. The summed E-state index contributed by atoms with van der Waals surface area (Å²) >= 11 is 1.66. The topological polar surface area (TPSA) is 89.0 Å². The van der Waals surface area contributed by atoms with Crippen LogP contribution in [0.2, 0.25) is 0 Å². The molecule has 0 saturated carbocycles. The summed E-state index contributed by atoms with van der Waals surface area (Å²) in [6.45, 7) is 1.96. The van der Waals surface area contributed by atoms with Crippen LogP contribution >= 0.6 is 11.3 Å². The van der Waals surface area contributed by atoms with Crippen molar-refractivity contribution >= 4 is 38.9 Å². The number of rotatable bonds is 11. The molecule has 0 aliphatic rings. The molecule has 0 unspecified atom stereocenters. The number of thiophene rings is 1. The number of nitrogens with zero attached hydrogens (tertiary/aromatic N) is 1. The summed E-state index contributed by atoms with van der Waals surface area (Å²) in [5, 5.41) is 10.3. The van der Waals surface area contributed by atoms with Crippen LogP contribution in [0.25, 0.3) is 10.1 Å². The molecule has 0 aliphatic carbocycles. The number of hydrazone groups is 1. The second-order valence-electron chi connectivity index (χ2n) is 7.45. The van der Waals surface area contributed by atoms with Crippen LogP contribution in [0, 0.1) is 0 Å². The SMILES string of the molecule is CCCCCC(=NNC(=O)CNC(=O)c1ccc(OC)c(OC)c1)c1csc2ccccc12. The molecule has 0 bridgehead atoms. The fourth-order valence-electron chi connectivity index (χ4n) is 3.40. The molecule has 2 aromatic carbocycles.